The highest BCUT2D eigenvalue weighted by Gasteiger charge is 2.23. The van der Waals surface area contributed by atoms with Crippen LogP contribution in [0.2, 0.25) is 0 Å². The predicted octanol–water partition coefficient (Wildman–Crippen LogP) is 1.72. The van der Waals surface area contributed by atoms with Crippen molar-refractivity contribution in [3.05, 3.63) is 35.6 Å². The van der Waals surface area contributed by atoms with Crippen LogP contribution in [-0.4, -0.2) is 43.1 Å². The summed E-state index contributed by atoms with van der Waals surface area (Å²) in [4.78, 5) is 13.8. The van der Waals surface area contributed by atoms with Crippen molar-refractivity contribution < 1.29 is 13.9 Å². The van der Waals surface area contributed by atoms with Gasteiger partial charge in [-0.15, -0.1) is 0 Å². The first kappa shape index (κ1) is 14.9. The van der Waals surface area contributed by atoms with E-state index < -0.39 is 0 Å². The zero-order chi connectivity index (χ0) is 14.5. The van der Waals surface area contributed by atoms with Crippen molar-refractivity contribution in [3.8, 4) is 0 Å². The molecule has 1 aromatic carbocycles. The van der Waals surface area contributed by atoms with Crippen molar-refractivity contribution in [2.24, 2.45) is 0 Å². The molecule has 1 aliphatic heterocycles. The highest BCUT2D eigenvalue weighted by Crippen LogP contribution is 2.22. The van der Waals surface area contributed by atoms with Crippen molar-refractivity contribution in [2.45, 2.75) is 26.0 Å². The third-order valence-corrected chi connectivity index (χ3v) is 3.21. The minimum absolute atomic E-state index is 0.0276. The van der Waals surface area contributed by atoms with Crippen molar-refractivity contribution in [3.63, 3.8) is 0 Å². The van der Waals surface area contributed by atoms with Crippen molar-refractivity contribution in [1.82, 2.24) is 10.2 Å². The van der Waals surface area contributed by atoms with Gasteiger partial charge in [-0.3, -0.25) is 9.69 Å². The lowest BCUT2D eigenvalue weighted by molar-refractivity contribution is -0.124. The molecule has 110 valence electrons. The van der Waals surface area contributed by atoms with Gasteiger partial charge in [-0.1, -0.05) is 12.1 Å². The Balaban J connectivity index is 1.91. The number of ether oxygens (including phenoxy) is 1. The molecule has 1 fully saturated rings. The second-order valence-corrected chi connectivity index (χ2v) is 5.37. The van der Waals surface area contributed by atoms with Crippen LogP contribution in [0.1, 0.15) is 25.5 Å². The number of morpholine rings is 1. The molecule has 5 heteroatoms. The molecule has 1 N–H and O–H groups in total. The van der Waals surface area contributed by atoms with Gasteiger partial charge < -0.3 is 10.1 Å². The summed E-state index contributed by atoms with van der Waals surface area (Å²) in [5.41, 5.74) is 0.945. The maximum absolute atomic E-state index is 12.9. The molecule has 0 bridgehead atoms. The van der Waals surface area contributed by atoms with Crippen molar-refractivity contribution in [1.29, 1.82) is 0 Å². The second kappa shape index (κ2) is 6.81. The van der Waals surface area contributed by atoms with Gasteiger partial charge in [0, 0.05) is 19.1 Å². The summed E-state index contributed by atoms with van der Waals surface area (Å²) in [5.74, 6) is -0.225. The van der Waals surface area contributed by atoms with Crippen LogP contribution < -0.4 is 5.32 Å². The van der Waals surface area contributed by atoms with E-state index >= 15 is 0 Å². The number of carbonyl (C=O) groups is 1. The molecule has 1 heterocycles. The lowest BCUT2D eigenvalue weighted by Crippen LogP contribution is -2.45. The zero-order valence-corrected chi connectivity index (χ0v) is 11.9. The molecule has 4 nitrogen and oxygen atoms in total. The Kier molecular flexibility index (Phi) is 5.09. The number of benzene rings is 1. The Bertz CT molecular complexity index is 448. The van der Waals surface area contributed by atoms with E-state index in [1.54, 1.807) is 12.1 Å². The van der Waals surface area contributed by atoms with Crippen LogP contribution in [-0.2, 0) is 9.53 Å². The number of nitrogens with zero attached hydrogens (tertiary/aromatic N) is 1. The third-order valence-electron chi connectivity index (χ3n) is 3.21. The Morgan fingerprint density at radius 2 is 2.15 bits per heavy atom. The SMILES string of the molecule is CC(C)NC(=O)CN1CCOC(c2ccc(F)cc2)C1. The summed E-state index contributed by atoms with van der Waals surface area (Å²) in [6.45, 7) is 6.23. The van der Waals surface area contributed by atoms with E-state index in [-0.39, 0.29) is 23.9 Å². The van der Waals surface area contributed by atoms with Crippen LogP contribution >= 0.6 is 0 Å². The lowest BCUT2D eigenvalue weighted by atomic mass is 10.1. The van der Waals surface area contributed by atoms with Gasteiger partial charge in [0.15, 0.2) is 0 Å². The first-order valence-electron chi connectivity index (χ1n) is 6.93. The minimum atomic E-state index is -0.252. The largest absolute Gasteiger partial charge is 0.371 e. The second-order valence-electron chi connectivity index (χ2n) is 5.37. The summed E-state index contributed by atoms with van der Waals surface area (Å²) in [5, 5.41) is 2.88. The Labute approximate surface area is 118 Å². The average Bonchev–Trinajstić information content (AvgIpc) is 2.38. The predicted molar refractivity (Wildman–Crippen MR) is 74.8 cm³/mol. The van der Waals surface area contributed by atoms with Gasteiger partial charge in [0.25, 0.3) is 0 Å². The van der Waals surface area contributed by atoms with E-state index in [4.69, 9.17) is 4.74 Å². The highest BCUT2D eigenvalue weighted by atomic mass is 19.1. The molecule has 0 aromatic heterocycles. The molecule has 1 amide bonds. The molecular formula is C15H21FN2O2. The number of nitrogens with one attached hydrogen (secondary N) is 1. The van der Waals surface area contributed by atoms with Crippen LogP contribution in [0.5, 0.6) is 0 Å². The van der Waals surface area contributed by atoms with E-state index in [1.165, 1.54) is 12.1 Å². The molecule has 0 saturated carbocycles. The van der Waals surface area contributed by atoms with E-state index in [0.717, 1.165) is 12.1 Å². The highest BCUT2D eigenvalue weighted by molar-refractivity contribution is 5.78. The molecule has 1 aliphatic rings. The Morgan fingerprint density at radius 3 is 2.80 bits per heavy atom. The van der Waals surface area contributed by atoms with Gasteiger partial charge in [0.2, 0.25) is 5.91 Å². The van der Waals surface area contributed by atoms with Crippen LogP contribution in [0.3, 0.4) is 0 Å². The molecule has 20 heavy (non-hydrogen) atoms. The van der Waals surface area contributed by atoms with Crippen LogP contribution in [0.25, 0.3) is 0 Å². The van der Waals surface area contributed by atoms with Gasteiger partial charge in [-0.25, -0.2) is 4.39 Å². The number of rotatable bonds is 4. The van der Waals surface area contributed by atoms with Gasteiger partial charge >= 0.3 is 0 Å². The maximum Gasteiger partial charge on any atom is 0.234 e. The first-order valence-corrected chi connectivity index (χ1v) is 6.93. The fraction of sp³-hybridized carbons (Fsp3) is 0.533. The van der Waals surface area contributed by atoms with Gasteiger partial charge in [0.1, 0.15) is 5.82 Å². The van der Waals surface area contributed by atoms with Crippen LogP contribution in [0.15, 0.2) is 24.3 Å². The molecule has 1 saturated heterocycles. The van der Waals surface area contributed by atoms with E-state index in [2.05, 4.69) is 10.2 Å². The molecule has 1 aromatic rings. The molecule has 1 atom stereocenters. The zero-order valence-electron chi connectivity index (χ0n) is 11.9. The summed E-state index contributed by atoms with van der Waals surface area (Å²) in [6, 6.07) is 6.48. The topological polar surface area (TPSA) is 41.6 Å². The fourth-order valence-corrected chi connectivity index (χ4v) is 2.30. The molecule has 1 unspecified atom stereocenters. The Morgan fingerprint density at radius 1 is 1.45 bits per heavy atom. The third kappa shape index (κ3) is 4.28. The summed E-state index contributed by atoms with van der Waals surface area (Å²) in [7, 11) is 0. The number of amides is 1. The average molecular weight is 280 g/mol. The number of hydrogen-bond acceptors (Lipinski definition) is 3. The lowest BCUT2D eigenvalue weighted by Gasteiger charge is -2.32. The molecule has 2 rings (SSSR count). The molecular weight excluding hydrogens is 259 g/mol. The smallest absolute Gasteiger partial charge is 0.234 e. The van der Waals surface area contributed by atoms with Crippen LogP contribution in [0, 0.1) is 5.82 Å². The van der Waals surface area contributed by atoms with Gasteiger partial charge in [-0.05, 0) is 31.5 Å². The molecule has 0 spiro atoms. The first-order chi connectivity index (χ1) is 9.54. The summed E-state index contributed by atoms with van der Waals surface area (Å²) < 4.78 is 18.6. The summed E-state index contributed by atoms with van der Waals surface area (Å²) >= 11 is 0. The maximum atomic E-state index is 12.9. The standard InChI is InChI=1S/C15H21FN2O2/c1-11(2)17-15(19)10-18-7-8-20-14(9-18)12-3-5-13(16)6-4-12/h3-6,11,14H,7-10H2,1-2H3,(H,17,19). The quantitative estimate of drug-likeness (QED) is 0.913. The van der Waals surface area contributed by atoms with Gasteiger partial charge in [0.05, 0.1) is 19.3 Å². The van der Waals surface area contributed by atoms with E-state index in [1.807, 2.05) is 13.8 Å². The number of halogens is 1. The van der Waals surface area contributed by atoms with Crippen molar-refractivity contribution >= 4 is 5.91 Å². The fourth-order valence-electron chi connectivity index (χ4n) is 2.30. The molecule has 0 aliphatic carbocycles. The molecule has 0 radical (unpaired) electrons. The monoisotopic (exact) mass is 280 g/mol. The van der Waals surface area contributed by atoms with Crippen LogP contribution in [0.4, 0.5) is 4.39 Å². The van der Waals surface area contributed by atoms with E-state index in [9.17, 15) is 9.18 Å². The van der Waals surface area contributed by atoms with E-state index in [0.29, 0.717) is 19.7 Å². The van der Waals surface area contributed by atoms with Crippen molar-refractivity contribution in [2.75, 3.05) is 26.2 Å². The number of carbonyl (C=O) groups excluding carboxylic acids is 1. The normalized spacial score (nSPS) is 20.1. The number of hydrogen-bond donors (Lipinski definition) is 1. The van der Waals surface area contributed by atoms with Gasteiger partial charge in [-0.2, -0.15) is 0 Å². The Hall–Kier alpha value is -1.46. The summed E-state index contributed by atoms with van der Waals surface area (Å²) in [6.07, 6.45) is -0.101. The minimum Gasteiger partial charge on any atom is -0.371 e.